The predicted octanol–water partition coefficient (Wildman–Crippen LogP) is 5.43. The van der Waals surface area contributed by atoms with Gasteiger partial charge in [0.15, 0.2) is 0 Å². The van der Waals surface area contributed by atoms with Gasteiger partial charge in [-0.05, 0) is 34.1 Å². The van der Waals surface area contributed by atoms with Crippen molar-refractivity contribution in [3.8, 4) is 0 Å². The summed E-state index contributed by atoms with van der Waals surface area (Å²) in [5, 5.41) is 0.463. The first-order valence-corrected chi connectivity index (χ1v) is 6.28. The van der Waals surface area contributed by atoms with Gasteiger partial charge in [-0.15, -0.1) is 0 Å². The van der Waals surface area contributed by atoms with E-state index in [1.165, 1.54) is 0 Å². The van der Waals surface area contributed by atoms with Crippen LogP contribution in [0.5, 0.6) is 0 Å². The summed E-state index contributed by atoms with van der Waals surface area (Å²) >= 11 is 12.2. The van der Waals surface area contributed by atoms with Crippen molar-refractivity contribution >= 4 is 54.4 Å². The van der Waals surface area contributed by atoms with Crippen LogP contribution in [-0.2, 0) is 6.18 Å². The molecule has 0 unspecified atom stereocenters. The quantitative estimate of drug-likeness (QED) is 0.585. The summed E-state index contributed by atoms with van der Waals surface area (Å²) in [6.45, 7) is 0. The van der Waals surface area contributed by atoms with Crippen molar-refractivity contribution in [2.24, 2.45) is 0 Å². The molecule has 17 heavy (non-hydrogen) atoms. The van der Waals surface area contributed by atoms with Gasteiger partial charge in [0, 0.05) is 14.3 Å². The lowest BCUT2D eigenvalue weighted by Gasteiger charge is -2.10. The Morgan fingerprint density at radius 3 is 2.29 bits per heavy atom. The number of rotatable bonds is 0. The molecule has 0 atom stereocenters. The smallest absolute Gasteiger partial charge is 0.242 e. The molecule has 0 aliphatic rings. The topological polar surface area (TPSA) is 12.9 Å². The summed E-state index contributed by atoms with van der Waals surface area (Å²) in [5.74, 6) is 0. The number of halogens is 6. The molecule has 0 aliphatic heterocycles. The van der Waals surface area contributed by atoms with Gasteiger partial charge >= 0.3 is 6.18 Å². The third kappa shape index (κ3) is 2.44. The van der Waals surface area contributed by atoms with Crippen molar-refractivity contribution in [2.45, 2.75) is 6.18 Å². The van der Waals surface area contributed by atoms with Crippen LogP contribution in [0.1, 0.15) is 5.69 Å². The van der Waals surface area contributed by atoms with E-state index < -0.39 is 11.9 Å². The summed E-state index contributed by atoms with van der Waals surface area (Å²) in [6.07, 6.45) is -4.51. The number of nitrogens with zero attached hydrogens (tertiary/aromatic N) is 1. The number of hydrogen-bond acceptors (Lipinski definition) is 1. The van der Waals surface area contributed by atoms with E-state index in [0.29, 0.717) is 14.3 Å². The molecule has 0 saturated heterocycles. The highest BCUT2D eigenvalue weighted by atomic mass is 79.9. The summed E-state index contributed by atoms with van der Waals surface area (Å²) < 4.78 is 38.8. The second-order valence-electron chi connectivity index (χ2n) is 3.24. The Kier molecular flexibility index (Phi) is 3.40. The molecule has 0 bridgehead atoms. The SMILES string of the molecule is FC(F)(F)c1cc(Cl)c2c(Br)ccc(Br)c2n1. The molecule has 0 N–H and O–H groups in total. The molecule has 0 fully saturated rings. The lowest BCUT2D eigenvalue weighted by Crippen LogP contribution is -2.08. The van der Waals surface area contributed by atoms with Gasteiger partial charge < -0.3 is 0 Å². The molecule has 1 heterocycles. The van der Waals surface area contributed by atoms with Crippen LogP contribution in [0.4, 0.5) is 13.2 Å². The Bertz CT molecular complexity index is 598. The monoisotopic (exact) mass is 387 g/mol. The van der Waals surface area contributed by atoms with Crippen molar-refractivity contribution in [1.29, 1.82) is 0 Å². The van der Waals surface area contributed by atoms with Gasteiger partial charge in [-0.1, -0.05) is 27.5 Å². The summed E-state index contributed by atoms with van der Waals surface area (Å²) in [5.41, 5.74) is -0.826. The highest BCUT2D eigenvalue weighted by Crippen LogP contribution is 2.38. The molecule has 2 aromatic rings. The van der Waals surface area contributed by atoms with E-state index in [2.05, 4.69) is 36.8 Å². The summed E-state index contributed by atoms with van der Waals surface area (Å²) in [7, 11) is 0. The lowest BCUT2D eigenvalue weighted by molar-refractivity contribution is -0.140. The largest absolute Gasteiger partial charge is 0.433 e. The van der Waals surface area contributed by atoms with Gasteiger partial charge in [0.1, 0.15) is 5.69 Å². The van der Waals surface area contributed by atoms with Crippen molar-refractivity contribution in [1.82, 2.24) is 4.98 Å². The first kappa shape index (κ1) is 13.1. The van der Waals surface area contributed by atoms with E-state index in [1.54, 1.807) is 12.1 Å². The third-order valence-electron chi connectivity index (χ3n) is 2.10. The maximum absolute atomic E-state index is 12.6. The number of pyridine rings is 1. The van der Waals surface area contributed by atoms with Gasteiger partial charge in [-0.25, -0.2) is 4.98 Å². The van der Waals surface area contributed by atoms with Crippen LogP contribution >= 0.6 is 43.5 Å². The van der Waals surface area contributed by atoms with Gasteiger partial charge in [0.25, 0.3) is 0 Å². The molecule has 7 heteroatoms. The van der Waals surface area contributed by atoms with E-state index in [4.69, 9.17) is 11.6 Å². The van der Waals surface area contributed by atoms with Crippen molar-refractivity contribution in [2.75, 3.05) is 0 Å². The molecule has 90 valence electrons. The Hall–Kier alpha value is -0.330. The van der Waals surface area contributed by atoms with Crippen LogP contribution in [0.15, 0.2) is 27.1 Å². The fourth-order valence-corrected chi connectivity index (χ4v) is 2.73. The van der Waals surface area contributed by atoms with Crippen LogP contribution in [0.25, 0.3) is 10.9 Å². The van der Waals surface area contributed by atoms with Crippen molar-refractivity contribution in [3.05, 3.63) is 37.9 Å². The Morgan fingerprint density at radius 2 is 1.71 bits per heavy atom. The fraction of sp³-hybridized carbons (Fsp3) is 0.100. The van der Waals surface area contributed by atoms with E-state index >= 15 is 0 Å². The molecular formula is C10H3Br2ClF3N. The molecule has 1 aromatic carbocycles. The number of fused-ring (bicyclic) bond motifs is 1. The molecule has 0 aliphatic carbocycles. The average molecular weight is 389 g/mol. The van der Waals surface area contributed by atoms with Crippen LogP contribution in [-0.4, -0.2) is 4.98 Å². The van der Waals surface area contributed by atoms with Crippen molar-refractivity contribution < 1.29 is 13.2 Å². The predicted molar refractivity (Wildman–Crippen MR) is 67.2 cm³/mol. The second-order valence-corrected chi connectivity index (χ2v) is 5.36. The molecule has 0 radical (unpaired) electrons. The maximum atomic E-state index is 12.6. The minimum atomic E-state index is -4.51. The normalized spacial score (nSPS) is 12.1. The molecule has 1 nitrogen and oxygen atoms in total. The zero-order chi connectivity index (χ0) is 12.8. The first-order valence-electron chi connectivity index (χ1n) is 4.32. The summed E-state index contributed by atoms with van der Waals surface area (Å²) in [4.78, 5) is 3.58. The number of aromatic nitrogens is 1. The zero-order valence-electron chi connectivity index (χ0n) is 7.95. The van der Waals surface area contributed by atoms with Crippen LogP contribution in [0.2, 0.25) is 5.02 Å². The van der Waals surface area contributed by atoms with Gasteiger partial charge in [-0.2, -0.15) is 13.2 Å². The standard InChI is InChI=1S/C10H3Br2ClF3N/c11-4-1-2-5(12)9-8(4)6(13)3-7(17-9)10(14,15)16/h1-3H. The van der Waals surface area contributed by atoms with Gasteiger partial charge in [0.05, 0.1) is 10.5 Å². The molecule has 0 saturated carbocycles. The number of alkyl halides is 3. The minimum Gasteiger partial charge on any atom is -0.242 e. The van der Waals surface area contributed by atoms with E-state index in [1.807, 2.05) is 0 Å². The third-order valence-corrected chi connectivity index (χ3v) is 3.70. The highest BCUT2D eigenvalue weighted by molar-refractivity contribution is 9.11. The van der Waals surface area contributed by atoms with Crippen LogP contribution in [0.3, 0.4) is 0 Å². The van der Waals surface area contributed by atoms with Crippen LogP contribution < -0.4 is 0 Å². The zero-order valence-corrected chi connectivity index (χ0v) is 11.9. The molecule has 2 rings (SSSR count). The van der Waals surface area contributed by atoms with E-state index in [9.17, 15) is 13.2 Å². The number of benzene rings is 1. The Balaban J connectivity index is 2.87. The van der Waals surface area contributed by atoms with E-state index in [-0.39, 0.29) is 10.5 Å². The molecule has 0 amide bonds. The maximum Gasteiger partial charge on any atom is 0.433 e. The lowest BCUT2D eigenvalue weighted by atomic mass is 10.2. The van der Waals surface area contributed by atoms with Crippen molar-refractivity contribution in [3.63, 3.8) is 0 Å². The van der Waals surface area contributed by atoms with Gasteiger partial charge in [-0.3, -0.25) is 0 Å². The first-order chi connectivity index (χ1) is 7.80. The Labute approximate surface area is 116 Å². The molecule has 1 aromatic heterocycles. The minimum absolute atomic E-state index is 0.00972. The fourth-order valence-electron chi connectivity index (χ4n) is 1.37. The second kappa shape index (κ2) is 4.40. The average Bonchev–Trinajstić information content (AvgIpc) is 2.21. The summed E-state index contributed by atoms with van der Waals surface area (Å²) in [6, 6.07) is 4.12. The van der Waals surface area contributed by atoms with E-state index in [0.717, 1.165) is 6.07 Å². The van der Waals surface area contributed by atoms with Gasteiger partial charge in [0.2, 0.25) is 0 Å². The molecular weight excluding hydrogens is 386 g/mol. The highest BCUT2D eigenvalue weighted by Gasteiger charge is 2.33. The number of hydrogen-bond donors (Lipinski definition) is 0. The van der Waals surface area contributed by atoms with Crippen LogP contribution in [0, 0.1) is 0 Å². The Morgan fingerprint density at radius 1 is 1.12 bits per heavy atom. The molecule has 0 spiro atoms.